The van der Waals surface area contributed by atoms with Gasteiger partial charge in [0.1, 0.15) is 0 Å². The van der Waals surface area contributed by atoms with Gasteiger partial charge in [-0.2, -0.15) is 0 Å². The molecule has 7 heteroatoms. The second-order valence-corrected chi connectivity index (χ2v) is 3.28. The molecule has 0 aromatic carbocycles. The fourth-order valence-corrected chi connectivity index (χ4v) is 1.58. The predicted molar refractivity (Wildman–Crippen MR) is 49.3 cm³/mol. The van der Waals surface area contributed by atoms with E-state index in [0.29, 0.717) is 0 Å². The number of carboxylic acids is 1. The van der Waals surface area contributed by atoms with E-state index in [-0.39, 0.29) is 21.3 Å². The number of pyridine rings is 1. The summed E-state index contributed by atoms with van der Waals surface area (Å²) in [5.41, 5.74) is -0.641. The second kappa shape index (κ2) is 2.95. The number of nitrogens with one attached hydrogen (secondary N) is 1. The predicted octanol–water partition coefficient (Wildman–Crippen LogP) is 0.977. The van der Waals surface area contributed by atoms with E-state index < -0.39 is 11.5 Å². The molecule has 2 N–H and O–H groups in total. The summed E-state index contributed by atoms with van der Waals surface area (Å²) < 4.78 is 4.96. The molecule has 0 saturated heterocycles. The number of rotatable bonds is 1. The summed E-state index contributed by atoms with van der Waals surface area (Å²) in [6.45, 7) is 0. The normalized spacial score (nSPS) is 10.6. The van der Waals surface area contributed by atoms with Crippen LogP contribution in [0.5, 0.6) is 0 Å². The summed E-state index contributed by atoms with van der Waals surface area (Å²) in [7, 11) is 0. The van der Waals surface area contributed by atoms with Gasteiger partial charge in [-0.15, -0.1) is 0 Å². The van der Waals surface area contributed by atoms with Crippen molar-refractivity contribution < 1.29 is 14.4 Å². The number of halogens is 1. The molecule has 2 rings (SSSR count). The van der Waals surface area contributed by atoms with Gasteiger partial charge in [-0.3, -0.25) is 9.78 Å². The molecule has 72 valence electrons. The SMILES string of the molecule is O=C(O)c1cc(=O)[nH]c2onc(Br)c12. The van der Waals surface area contributed by atoms with E-state index in [9.17, 15) is 9.59 Å². The Balaban J connectivity index is 2.98. The zero-order chi connectivity index (χ0) is 10.3. The Hall–Kier alpha value is -1.63. The first-order chi connectivity index (χ1) is 6.59. The highest BCUT2D eigenvalue weighted by atomic mass is 79.9. The molecule has 2 aromatic heterocycles. The van der Waals surface area contributed by atoms with Crippen molar-refractivity contribution in [3.8, 4) is 0 Å². The van der Waals surface area contributed by atoms with Gasteiger partial charge < -0.3 is 9.63 Å². The molecule has 0 radical (unpaired) electrons. The van der Waals surface area contributed by atoms with Crippen LogP contribution in [-0.2, 0) is 0 Å². The minimum atomic E-state index is -1.20. The summed E-state index contributed by atoms with van der Waals surface area (Å²) in [4.78, 5) is 24.1. The van der Waals surface area contributed by atoms with Crippen molar-refractivity contribution in [1.82, 2.24) is 10.1 Å². The topological polar surface area (TPSA) is 96.2 Å². The Morgan fingerprint density at radius 1 is 1.64 bits per heavy atom. The molecule has 0 atom stereocenters. The van der Waals surface area contributed by atoms with E-state index in [2.05, 4.69) is 26.1 Å². The molecule has 0 saturated carbocycles. The maximum absolute atomic E-state index is 11.0. The molecule has 0 spiro atoms. The lowest BCUT2D eigenvalue weighted by Crippen LogP contribution is -2.09. The Bertz CT molecular complexity index is 571. The van der Waals surface area contributed by atoms with Crippen molar-refractivity contribution in [3.05, 3.63) is 26.6 Å². The number of fused-ring (bicyclic) bond motifs is 1. The Kier molecular flexibility index (Phi) is 1.88. The number of nitrogens with zero attached hydrogens (tertiary/aromatic N) is 1. The van der Waals surface area contributed by atoms with Gasteiger partial charge in [0.05, 0.1) is 10.9 Å². The van der Waals surface area contributed by atoms with E-state index in [1.807, 2.05) is 0 Å². The Morgan fingerprint density at radius 2 is 2.36 bits per heavy atom. The quantitative estimate of drug-likeness (QED) is 0.795. The van der Waals surface area contributed by atoms with Crippen molar-refractivity contribution >= 4 is 33.0 Å². The lowest BCUT2D eigenvalue weighted by molar-refractivity contribution is 0.0698. The van der Waals surface area contributed by atoms with Gasteiger partial charge in [-0.25, -0.2) is 4.79 Å². The molecule has 0 aliphatic rings. The molecule has 0 aliphatic carbocycles. The van der Waals surface area contributed by atoms with Gasteiger partial charge in [0, 0.05) is 6.07 Å². The first-order valence-corrected chi connectivity index (χ1v) is 4.30. The summed E-state index contributed by atoms with van der Waals surface area (Å²) in [6, 6.07) is 0.979. The van der Waals surface area contributed by atoms with Crippen molar-refractivity contribution in [2.24, 2.45) is 0 Å². The van der Waals surface area contributed by atoms with Crippen molar-refractivity contribution in [1.29, 1.82) is 0 Å². The number of carbonyl (C=O) groups is 1. The molecule has 2 aromatic rings. The van der Waals surface area contributed by atoms with Crippen LogP contribution < -0.4 is 5.56 Å². The maximum Gasteiger partial charge on any atom is 0.336 e. The van der Waals surface area contributed by atoms with Crippen LogP contribution >= 0.6 is 15.9 Å². The average Bonchev–Trinajstić information content (AvgIpc) is 2.46. The lowest BCUT2D eigenvalue weighted by Gasteiger charge is -1.93. The molecule has 14 heavy (non-hydrogen) atoms. The van der Waals surface area contributed by atoms with Gasteiger partial charge in [-0.1, -0.05) is 5.16 Å². The molecule has 0 amide bonds. The smallest absolute Gasteiger partial charge is 0.336 e. The van der Waals surface area contributed by atoms with Crippen molar-refractivity contribution in [2.45, 2.75) is 0 Å². The van der Waals surface area contributed by atoms with E-state index in [1.54, 1.807) is 0 Å². The number of aromatic amines is 1. The average molecular weight is 259 g/mol. The van der Waals surface area contributed by atoms with Gasteiger partial charge in [0.2, 0.25) is 5.71 Å². The van der Waals surface area contributed by atoms with Crippen LogP contribution in [0.15, 0.2) is 20.0 Å². The maximum atomic E-state index is 11.0. The minimum absolute atomic E-state index is 0.0433. The van der Waals surface area contributed by atoms with Crippen LogP contribution in [0.2, 0.25) is 0 Å². The Morgan fingerprint density at radius 3 is 3.00 bits per heavy atom. The van der Waals surface area contributed by atoms with Crippen LogP contribution in [0.25, 0.3) is 11.1 Å². The molecule has 0 bridgehead atoms. The minimum Gasteiger partial charge on any atom is -0.478 e. The summed E-state index contributed by atoms with van der Waals surface area (Å²) in [5.74, 6) is -1.20. The monoisotopic (exact) mass is 258 g/mol. The standard InChI is InChI=1S/C7H3BrN2O4/c8-5-4-2(7(12)13)1-3(11)9-6(4)14-10-5/h1H,(H,9,11)(H,12,13). The van der Waals surface area contributed by atoms with E-state index >= 15 is 0 Å². The van der Waals surface area contributed by atoms with Crippen LogP contribution in [-0.4, -0.2) is 21.2 Å². The fourth-order valence-electron chi connectivity index (χ4n) is 1.11. The summed E-state index contributed by atoms with van der Waals surface area (Å²) in [5, 5.41) is 12.5. The third-order valence-corrected chi connectivity index (χ3v) is 2.20. The van der Waals surface area contributed by atoms with Gasteiger partial charge in [0.15, 0.2) is 4.60 Å². The van der Waals surface area contributed by atoms with Crippen LogP contribution in [0.3, 0.4) is 0 Å². The van der Waals surface area contributed by atoms with Crippen molar-refractivity contribution in [2.75, 3.05) is 0 Å². The number of aromatic carboxylic acids is 1. The van der Waals surface area contributed by atoms with Crippen molar-refractivity contribution in [3.63, 3.8) is 0 Å². The molecule has 6 nitrogen and oxygen atoms in total. The fraction of sp³-hybridized carbons (Fsp3) is 0. The molecular weight excluding hydrogens is 256 g/mol. The summed E-state index contributed by atoms with van der Waals surface area (Å²) >= 11 is 3.02. The molecule has 0 unspecified atom stereocenters. The number of aromatic nitrogens is 2. The highest BCUT2D eigenvalue weighted by Gasteiger charge is 2.16. The third-order valence-electron chi connectivity index (χ3n) is 1.66. The second-order valence-electron chi connectivity index (χ2n) is 2.53. The van der Waals surface area contributed by atoms with Crippen LogP contribution in [0.4, 0.5) is 0 Å². The van der Waals surface area contributed by atoms with Gasteiger partial charge in [0.25, 0.3) is 5.56 Å². The number of hydrogen-bond donors (Lipinski definition) is 2. The zero-order valence-electron chi connectivity index (χ0n) is 6.57. The van der Waals surface area contributed by atoms with Gasteiger partial charge >= 0.3 is 5.97 Å². The zero-order valence-corrected chi connectivity index (χ0v) is 8.16. The van der Waals surface area contributed by atoms with E-state index in [0.717, 1.165) is 6.07 Å². The third kappa shape index (κ3) is 1.22. The lowest BCUT2D eigenvalue weighted by atomic mass is 10.2. The van der Waals surface area contributed by atoms with E-state index in [1.165, 1.54) is 0 Å². The summed E-state index contributed by atoms with van der Waals surface area (Å²) in [6.07, 6.45) is 0. The molecule has 0 fully saturated rings. The number of H-pyrrole nitrogens is 1. The number of carboxylic acid groups (broad SMARTS) is 1. The Labute approximate surface area is 84.6 Å². The first kappa shape index (κ1) is 8.95. The molecule has 2 heterocycles. The largest absolute Gasteiger partial charge is 0.478 e. The highest BCUT2D eigenvalue weighted by Crippen LogP contribution is 2.23. The van der Waals surface area contributed by atoms with Crippen LogP contribution in [0, 0.1) is 0 Å². The highest BCUT2D eigenvalue weighted by molar-refractivity contribution is 9.10. The van der Waals surface area contributed by atoms with E-state index in [4.69, 9.17) is 9.63 Å². The molecular formula is C7H3BrN2O4. The molecule has 0 aliphatic heterocycles. The van der Waals surface area contributed by atoms with Gasteiger partial charge in [-0.05, 0) is 15.9 Å². The number of hydrogen-bond acceptors (Lipinski definition) is 4. The first-order valence-electron chi connectivity index (χ1n) is 3.51. The van der Waals surface area contributed by atoms with Crippen LogP contribution in [0.1, 0.15) is 10.4 Å².